The summed E-state index contributed by atoms with van der Waals surface area (Å²) in [5.74, 6) is 0.817. The molecule has 0 aliphatic heterocycles. The van der Waals surface area contributed by atoms with Crippen LogP contribution in [0.1, 0.15) is 69.9 Å². The minimum atomic E-state index is 0.333. The first-order chi connectivity index (χ1) is 10.2. The van der Waals surface area contributed by atoms with Gasteiger partial charge in [0.05, 0.1) is 0 Å². The second-order valence-corrected chi connectivity index (χ2v) is 7.11. The van der Waals surface area contributed by atoms with Crippen molar-refractivity contribution in [1.82, 2.24) is 5.32 Å². The van der Waals surface area contributed by atoms with Gasteiger partial charge in [0, 0.05) is 16.1 Å². The van der Waals surface area contributed by atoms with E-state index in [4.69, 9.17) is 23.2 Å². The molecule has 1 aliphatic carbocycles. The molecule has 0 heterocycles. The molecule has 1 aromatic rings. The molecule has 1 aliphatic rings. The van der Waals surface area contributed by atoms with Crippen molar-refractivity contribution >= 4 is 23.2 Å². The van der Waals surface area contributed by atoms with Crippen molar-refractivity contribution in [2.75, 3.05) is 6.54 Å². The number of benzene rings is 1. The maximum atomic E-state index is 6.42. The average molecular weight is 328 g/mol. The highest BCUT2D eigenvalue weighted by molar-refractivity contribution is 6.33. The Kier molecular flexibility index (Phi) is 7.36. The van der Waals surface area contributed by atoms with E-state index in [2.05, 4.69) is 12.2 Å². The summed E-state index contributed by atoms with van der Waals surface area (Å²) in [5.41, 5.74) is 1.17. The topological polar surface area (TPSA) is 12.0 Å². The van der Waals surface area contributed by atoms with E-state index in [0.717, 1.165) is 28.9 Å². The number of nitrogens with one attached hydrogen (secondary N) is 1. The van der Waals surface area contributed by atoms with E-state index in [1.54, 1.807) is 0 Å². The summed E-state index contributed by atoms with van der Waals surface area (Å²) in [6.45, 7) is 3.23. The Morgan fingerprint density at radius 1 is 1.14 bits per heavy atom. The second kappa shape index (κ2) is 9.02. The molecular formula is C18H27Cl2N. The third-order valence-corrected chi connectivity index (χ3v) is 5.10. The fraction of sp³-hybridized carbons (Fsp3) is 0.667. The zero-order chi connectivity index (χ0) is 15.1. The van der Waals surface area contributed by atoms with E-state index in [1.165, 1.54) is 50.5 Å². The summed E-state index contributed by atoms with van der Waals surface area (Å²) in [6, 6.07) is 6.16. The van der Waals surface area contributed by atoms with E-state index in [1.807, 2.05) is 18.2 Å². The number of hydrogen-bond acceptors (Lipinski definition) is 1. The van der Waals surface area contributed by atoms with Crippen LogP contribution in [0.3, 0.4) is 0 Å². The Labute approximate surface area is 139 Å². The highest BCUT2D eigenvalue weighted by Crippen LogP contribution is 2.34. The van der Waals surface area contributed by atoms with Crippen LogP contribution in [0.2, 0.25) is 10.0 Å². The Balaban J connectivity index is 2.10. The largest absolute Gasteiger partial charge is 0.310 e. The summed E-state index contributed by atoms with van der Waals surface area (Å²) in [4.78, 5) is 0. The minimum Gasteiger partial charge on any atom is -0.310 e. The molecule has 0 radical (unpaired) electrons. The highest BCUT2D eigenvalue weighted by Gasteiger charge is 2.21. The molecule has 0 saturated heterocycles. The van der Waals surface area contributed by atoms with Crippen LogP contribution >= 0.6 is 23.2 Å². The van der Waals surface area contributed by atoms with Gasteiger partial charge in [0.25, 0.3) is 0 Å². The fourth-order valence-electron chi connectivity index (χ4n) is 3.35. The van der Waals surface area contributed by atoms with Gasteiger partial charge in [-0.3, -0.25) is 0 Å². The Morgan fingerprint density at radius 3 is 2.52 bits per heavy atom. The highest BCUT2D eigenvalue weighted by atomic mass is 35.5. The van der Waals surface area contributed by atoms with Gasteiger partial charge in [-0.05, 0) is 49.1 Å². The van der Waals surface area contributed by atoms with Crippen LogP contribution < -0.4 is 5.32 Å². The molecule has 1 fully saturated rings. The Morgan fingerprint density at radius 2 is 1.86 bits per heavy atom. The first-order valence-corrected chi connectivity index (χ1v) is 9.14. The van der Waals surface area contributed by atoms with Crippen LogP contribution in [0, 0.1) is 5.92 Å². The van der Waals surface area contributed by atoms with Crippen LogP contribution in [0.25, 0.3) is 0 Å². The van der Waals surface area contributed by atoms with Crippen molar-refractivity contribution in [3.05, 3.63) is 33.8 Å². The molecule has 1 saturated carbocycles. The third kappa shape index (κ3) is 5.47. The molecule has 1 unspecified atom stereocenters. The predicted molar refractivity (Wildman–Crippen MR) is 93.3 cm³/mol. The Bertz CT molecular complexity index is 425. The van der Waals surface area contributed by atoms with Crippen molar-refractivity contribution in [3.8, 4) is 0 Å². The standard InChI is InChI=1S/C18H27Cl2N/c1-2-11-21-18(12-14-7-5-3-4-6-8-14)16-13-15(19)9-10-17(16)20/h9-10,13-14,18,21H,2-8,11-12H2,1H3. The lowest BCUT2D eigenvalue weighted by atomic mass is 9.89. The lowest BCUT2D eigenvalue weighted by Gasteiger charge is -2.25. The van der Waals surface area contributed by atoms with E-state index >= 15 is 0 Å². The molecule has 21 heavy (non-hydrogen) atoms. The fourth-order valence-corrected chi connectivity index (χ4v) is 3.78. The summed E-state index contributed by atoms with van der Waals surface area (Å²) in [6.07, 6.45) is 10.6. The minimum absolute atomic E-state index is 0.333. The normalized spacial score (nSPS) is 18.4. The molecule has 1 atom stereocenters. The molecule has 0 bridgehead atoms. The molecule has 0 spiro atoms. The van der Waals surface area contributed by atoms with E-state index in [0.29, 0.717) is 6.04 Å². The molecule has 2 rings (SSSR count). The number of hydrogen-bond donors (Lipinski definition) is 1. The summed E-state index contributed by atoms with van der Waals surface area (Å²) < 4.78 is 0. The van der Waals surface area contributed by atoms with Crippen LogP contribution in [0.4, 0.5) is 0 Å². The second-order valence-electron chi connectivity index (χ2n) is 6.27. The molecular weight excluding hydrogens is 301 g/mol. The van der Waals surface area contributed by atoms with Gasteiger partial charge in [0.15, 0.2) is 0 Å². The van der Waals surface area contributed by atoms with E-state index in [9.17, 15) is 0 Å². The van der Waals surface area contributed by atoms with Crippen molar-refractivity contribution in [2.24, 2.45) is 5.92 Å². The van der Waals surface area contributed by atoms with Gasteiger partial charge in [0.2, 0.25) is 0 Å². The van der Waals surface area contributed by atoms with Crippen molar-refractivity contribution in [3.63, 3.8) is 0 Å². The third-order valence-electron chi connectivity index (χ3n) is 4.52. The lowest BCUT2D eigenvalue weighted by Crippen LogP contribution is -2.25. The van der Waals surface area contributed by atoms with E-state index < -0.39 is 0 Å². The molecule has 1 N–H and O–H groups in total. The molecule has 1 aromatic carbocycles. The van der Waals surface area contributed by atoms with E-state index in [-0.39, 0.29) is 0 Å². The van der Waals surface area contributed by atoms with Gasteiger partial charge in [-0.15, -0.1) is 0 Å². The van der Waals surface area contributed by atoms with Gasteiger partial charge in [-0.2, -0.15) is 0 Å². The number of halogens is 2. The summed E-state index contributed by atoms with van der Waals surface area (Å²) in [5, 5.41) is 5.29. The quantitative estimate of drug-likeness (QED) is 0.596. The van der Waals surface area contributed by atoms with Crippen molar-refractivity contribution in [1.29, 1.82) is 0 Å². The average Bonchev–Trinajstić information content (AvgIpc) is 2.75. The van der Waals surface area contributed by atoms with Gasteiger partial charge in [-0.1, -0.05) is 68.7 Å². The van der Waals surface area contributed by atoms with Crippen molar-refractivity contribution in [2.45, 2.75) is 64.3 Å². The Hall–Kier alpha value is -0.240. The first-order valence-electron chi connectivity index (χ1n) is 8.39. The molecule has 0 aromatic heterocycles. The lowest BCUT2D eigenvalue weighted by molar-refractivity contribution is 0.356. The molecule has 118 valence electrons. The van der Waals surface area contributed by atoms with Crippen molar-refractivity contribution < 1.29 is 0 Å². The van der Waals surface area contributed by atoms with Gasteiger partial charge in [0.1, 0.15) is 0 Å². The summed E-state index contributed by atoms with van der Waals surface area (Å²) >= 11 is 12.6. The SMILES string of the molecule is CCCNC(CC1CCCCCC1)c1cc(Cl)ccc1Cl. The smallest absolute Gasteiger partial charge is 0.0454 e. The molecule has 0 amide bonds. The van der Waals surface area contributed by atoms with Gasteiger partial charge >= 0.3 is 0 Å². The summed E-state index contributed by atoms with van der Waals surface area (Å²) in [7, 11) is 0. The van der Waals surface area contributed by atoms with Crippen LogP contribution in [-0.2, 0) is 0 Å². The van der Waals surface area contributed by atoms with Gasteiger partial charge in [-0.25, -0.2) is 0 Å². The van der Waals surface area contributed by atoms with Crippen LogP contribution in [0.15, 0.2) is 18.2 Å². The number of rotatable bonds is 6. The predicted octanol–water partition coefficient (Wildman–Crippen LogP) is 6.39. The van der Waals surface area contributed by atoms with Crippen LogP contribution in [0.5, 0.6) is 0 Å². The molecule has 1 nitrogen and oxygen atoms in total. The van der Waals surface area contributed by atoms with Crippen LogP contribution in [-0.4, -0.2) is 6.54 Å². The zero-order valence-electron chi connectivity index (χ0n) is 13.0. The maximum absolute atomic E-state index is 6.42. The molecule has 3 heteroatoms. The van der Waals surface area contributed by atoms with Gasteiger partial charge < -0.3 is 5.32 Å². The first kappa shape index (κ1) is 17.1. The maximum Gasteiger partial charge on any atom is 0.0454 e. The monoisotopic (exact) mass is 327 g/mol. The zero-order valence-corrected chi connectivity index (χ0v) is 14.5.